The largest absolute Gasteiger partial charge is 0.328 e. The van der Waals surface area contributed by atoms with Gasteiger partial charge in [0.05, 0.1) is 0 Å². The van der Waals surface area contributed by atoms with Crippen molar-refractivity contribution >= 4 is 22.4 Å². The number of anilines is 1. The second-order valence-corrected chi connectivity index (χ2v) is 6.31. The molecule has 4 aromatic rings. The molecule has 0 saturated carbocycles. The summed E-state index contributed by atoms with van der Waals surface area (Å²) >= 11 is 0. The molecule has 27 heavy (non-hydrogen) atoms. The zero-order valence-corrected chi connectivity index (χ0v) is 14.7. The summed E-state index contributed by atoms with van der Waals surface area (Å²) in [6.45, 7) is 1.90. The highest BCUT2D eigenvalue weighted by molar-refractivity contribution is 6.05. The van der Waals surface area contributed by atoms with Crippen LogP contribution >= 0.6 is 0 Å². The van der Waals surface area contributed by atoms with E-state index < -0.39 is 11.5 Å². The maximum absolute atomic E-state index is 12.7. The second kappa shape index (κ2) is 6.88. The molecule has 0 radical (unpaired) electrons. The number of pyridine rings is 2. The van der Waals surface area contributed by atoms with Crippen molar-refractivity contribution in [1.29, 1.82) is 0 Å². The number of nitrogens with zero attached hydrogens (tertiary/aromatic N) is 1. The van der Waals surface area contributed by atoms with Crippen molar-refractivity contribution in [3.05, 3.63) is 94.7 Å². The molecule has 0 aliphatic rings. The molecule has 0 saturated heterocycles. The Bertz CT molecular complexity index is 1210. The summed E-state index contributed by atoms with van der Waals surface area (Å²) in [6, 6.07) is 16.9. The van der Waals surface area contributed by atoms with Crippen molar-refractivity contribution in [3.8, 4) is 11.1 Å². The van der Waals surface area contributed by atoms with E-state index >= 15 is 0 Å². The molecular formula is C22H17N3O2. The zero-order valence-electron chi connectivity index (χ0n) is 14.7. The molecule has 0 spiro atoms. The average Bonchev–Trinajstić information content (AvgIpc) is 2.69. The van der Waals surface area contributed by atoms with Gasteiger partial charge in [-0.25, -0.2) is 0 Å². The first kappa shape index (κ1) is 16.7. The van der Waals surface area contributed by atoms with Crippen LogP contribution < -0.4 is 10.9 Å². The van der Waals surface area contributed by atoms with Gasteiger partial charge in [0.15, 0.2) is 0 Å². The van der Waals surface area contributed by atoms with E-state index in [0.29, 0.717) is 5.69 Å². The van der Waals surface area contributed by atoms with Crippen molar-refractivity contribution in [3.63, 3.8) is 0 Å². The minimum atomic E-state index is -0.444. The molecule has 2 aromatic carbocycles. The van der Waals surface area contributed by atoms with Crippen LogP contribution in [0.25, 0.3) is 21.9 Å². The van der Waals surface area contributed by atoms with Gasteiger partial charge in [-0.05, 0) is 30.0 Å². The molecular weight excluding hydrogens is 338 g/mol. The smallest absolute Gasteiger partial charge is 0.261 e. The Hall–Kier alpha value is -3.73. The lowest BCUT2D eigenvalue weighted by atomic mass is 10.0. The summed E-state index contributed by atoms with van der Waals surface area (Å²) in [5, 5.41) is 4.81. The highest BCUT2D eigenvalue weighted by Gasteiger charge is 2.14. The van der Waals surface area contributed by atoms with Crippen molar-refractivity contribution in [2.45, 2.75) is 6.92 Å². The Morgan fingerprint density at radius 2 is 1.81 bits per heavy atom. The highest BCUT2D eigenvalue weighted by Crippen LogP contribution is 2.27. The molecule has 132 valence electrons. The monoisotopic (exact) mass is 355 g/mol. The molecule has 0 fully saturated rings. The number of aromatic nitrogens is 2. The molecule has 0 atom stereocenters. The number of amides is 1. The first-order valence-electron chi connectivity index (χ1n) is 8.56. The van der Waals surface area contributed by atoms with Crippen LogP contribution in [0.2, 0.25) is 0 Å². The Morgan fingerprint density at radius 1 is 1.04 bits per heavy atom. The summed E-state index contributed by atoms with van der Waals surface area (Å²) in [6.07, 6.45) is 5.13. The molecule has 2 N–H and O–H groups in total. The number of benzene rings is 2. The number of carbonyl (C=O) groups excluding carboxylic acids is 1. The molecule has 0 aliphatic heterocycles. The fourth-order valence-corrected chi connectivity index (χ4v) is 3.06. The third-order valence-corrected chi connectivity index (χ3v) is 4.52. The molecule has 2 aromatic heterocycles. The van der Waals surface area contributed by atoms with E-state index in [4.69, 9.17) is 0 Å². The lowest BCUT2D eigenvalue weighted by Gasteiger charge is -2.10. The van der Waals surface area contributed by atoms with Crippen LogP contribution in [0.1, 0.15) is 15.9 Å². The Labute approximate surface area is 155 Å². The van der Waals surface area contributed by atoms with Crippen LogP contribution in [0.4, 0.5) is 5.69 Å². The van der Waals surface area contributed by atoms with E-state index in [1.165, 1.54) is 0 Å². The first-order chi connectivity index (χ1) is 13.1. The lowest BCUT2D eigenvalue weighted by Crippen LogP contribution is -2.23. The summed E-state index contributed by atoms with van der Waals surface area (Å²) in [7, 11) is 0. The molecule has 5 nitrogen and oxygen atoms in total. The Morgan fingerprint density at radius 3 is 2.67 bits per heavy atom. The quantitative estimate of drug-likeness (QED) is 0.580. The van der Waals surface area contributed by atoms with Crippen LogP contribution in [0.5, 0.6) is 0 Å². The Kier molecular flexibility index (Phi) is 4.26. The minimum absolute atomic E-state index is 0.0590. The number of fused-ring (bicyclic) bond motifs is 1. The molecule has 0 bridgehead atoms. The molecule has 5 heteroatoms. The van der Waals surface area contributed by atoms with Crippen LogP contribution in [0.3, 0.4) is 0 Å². The number of rotatable bonds is 3. The van der Waals surface area contributed by atoms with Gasteiger partial charge in [-0.3, -0.25) is 14.6 Å². The van der Waals surface area contributed by atoms with Gasteiger partial charge in [-0.1, -0.05) is 42.5 Å². The van der Waals surface area contributed by atoms with Gasteiger partial charge in [0.2, 0.25) is 0 Å². The normalized spacial score (nSPS) is 10.7. The lowest BCUT2D eigenvalue weighted by molar-refractivity contribution is 0.102. The molecule has 0 unspecified atom stereocenters. The summed E-state index contributed by atoms with van der Waals surface area (Å²) in [5.74, 6) is -0.444. The van der Waals surface area contributed by atoms with Gasteiger partial charge in [-0.15, -0.1) is 0 Å². The SMILES string of the molecule is Cc1ccccc1NC(=O)c1cc(-c2cncc3ccccc23)c[nH]c1=O. The van der Waals surface area contributed by atoms with Crippen LogP contribution in [0, 0.1) is 6.92 Å². The highest BCUT2D eigenvalue weighted by atomic mass is 16.2. The van der Waals surface area contributed by atoms with E-state index in [1.54, 1.807) is 30.7 Å². The number of para-hydroxylation sites is 1. The summed E-state index contributed by atoms with van der Waals surface area (Å²) in [5.41, 5.74) is 2.82. The van der Waals surface area contributed by atoms with Gasteiger partial charge >= 0.3 is 0 Å². The standard InChI is InChI=1S/C22H17N3O2/c1-14-6-2-5-9-20(14)25-22(27)18-10-16(12-24-21(18)26)19-13-23-11-15-7-3-4-8-17(15)19/h2-13H,1H3,(H,24,26)(H,25,27). The molecule has 4 rings (SSSR count). The van der Waals surface area contributed by atoms with Gasteiger partial charge in [0.25, 0.3) is 11.5 Å². The second-order valence-electron chi connectivity index (χ2n) is 6.31. The van der Waals surface area contributed by atoms with Crippen LogP contribution in [-0.4, -0.2) is 15.9 Å². The van der Waals surface area contributed by atoms with Gasteiger partial charge in [0.1, 0.15) is 5.56 Å². The molecule has 2 heterocycles. The Balaban J connectivity index is 1.77. The third-order valence-electron chi connectivity index (χ3n) is 4.52. The fraction of sp³-hybridized carbons (Fsp3) is 0.0455. The number of hydrogen-bond donors (Lipinski definition) is 2. The van der Waals surface area contributed by atoms with Crippen molar-refractivity contribution in [2.24, 2.45) is 0 Å². The van der Waals surface area contributed by atoms with E-state index in [0.717, 1.165) is 27.5 Å². The van der Waals surface area contributed by atoms with Gasteiger partial charge in [0, 0.05) is 40.8 Å². The zero-order chi connectivity index (χ0) is 18.8. The average molecular weight is 355 g/mol. The van der Waals surface area contributed by atoms with E-state index in [-0.39, 0.29) is 5.56 Å². The number of hydrogen-bond acceptors (Lipinski definition) is 3. The minimum Gasteiger partial charge on any atom is -0.328 e. The number of nitrogens with one attached hydrogen (secondary N) is 2. The van der Waals surface area contributed by atoms with Gasteiger partial charge < -0.3 is 10.3 Å². The number of aryl methyl sites for hydroxylation is 1. The van der Waals surface area contributed by atoms with E-state index in [9.17, 15) is 9.59 Å². The van der Waals surface area contributed by atoms with Gasteiger partial charge in [-0.2, -0.15) is 0 Å². The van der Waals surface area contributed by atoms with Crippen LogP contribution in [0.15, 0.2) is 78.0 Å². The fourth-order valence-electron chi connectivity index (χ4n) is 3.06. The molecule has 0 aliphatic carbocycles. The maximum atomic E-state index is 12.7. The van der Waals surface area contributed by atoms with E-state index in [1.807, 2.05) is 49.4 Å². The third kappa shape index (κ3) is 3.22. The number of aromatic amines is 1. The van der Waals surface area contributed by atoms with Crippen molar-refractivity contribution in [1.82, 2.24) is 9.97 Å². The predicted octanol–water partition coefficient (Wildman–Crippen LogP) is 4.15. The number of H-pyrrole nitrogens is 1. The van der Waals surface area contributed by atoms with Crippen molar-refractivity contribution < 1.29 is 4.79 Å². The number of carbonyl (C=O) groups is 1. The van der Waals surface area contributed by atoms with Crippen molar-refractivity contribution in [2.75, 3.05) is 5.32 Å². The predicted molar refractivity (Wildman–Crippen MR) is 107 cm³/mol. The summed E-state index contributed by atoms with van der Waals surface area (Å²) in [4.78, 5) is 31.9. The summed E-state index contributed by atoms with van der Waals surface area (Å²) < 4.78 is 0. The maximum Gasteiger partial charge on any atom is 0.261 e. The van der Waals surface area contributed by atoms with Crippen LogP contribution in [-0.2, 0) is 0 Å². The first-order valence-corrected chi connectivity index (χ1v) is 8.56. The topological polar surface area (TPSA) is 74.8 Å². The molecule has 1 amide bonds. The van der Waals surface area contributed by atoms with E-state index in [2.05, 4.69) is 15.3 Å².